The Morgan fingerprint density at radius 3 is 2.38 bits per heavy atom. The maximum Gasteiger partial charge on any atom is 0.238 e. The fourth-order valence-corrected chi connectivity index (χ4v) is 11.2. The van der Waals surface area contributed by atoms with Gasteiger partial charge in [0.25, 0.3) is 0 Å². The summed E-state index contributed by atoms with van der Waals surface area (Å²) < 4.78 is 34.8. The van der Waals surface area contributed by atoms with Crippen molar-refractivity contribution in [2.24, 2.45) is 28.6 Å². The second-order valence-corrected chi connectivity index (χ2v) is 20.5. The lowest BCUT2D eigenvalue weighted by Crippen LogP contribution is -2.61. The number of fused-ring (bicyclic) bond motifs is 2. The summed E-state index contributed by atoms with van der Waals surface area (Å²) in [5, 5.41) is 12.6. The van der Waals surface area contributed by atoms with Gasteiger partial charge in [-0.2, -0.15) is 9.57 Å². The van der Waals surface area contributed by atoms with Crippen molar-refractivity contribution in [3.63, 3.8) is 0 Å². The van der Waals surface area contributed by atoms with E-state index in [1.165, 1.54) is 10.7 Å². The molecule has 10 heteroatoms. The molecule has 3 aliphatic carbocycles. The smallest absolute Gasteiger partial charge is 0.238 e. The number of carbonyl (C=O) groups excluding carboxylic acids is 1. The van der Waals surface area contributed by atoms with E-state index in [1.807, 2.05) is 42.5 Å². The third-order valence-corrected chi connectivity index (χ3v) is 14.4. The summed E-state index contributed by atoms with van der Waals surface area (Å²) in [6, 6.07) is 25.2. The summed E-state index contributed by atoms with van der Waals surface area (Å²) in [6.07, 6.45) is 3.46. The molecule has 296 valence electrons. The minimum Gasteiger partial charge on any atom is -0.457 e. The Labute approximate surface area is 330 Å². The topological polar surface area (TPSA) is 106 Å². The Bertz CT molecular complexity index is 1970. The van der Waals surface area contributed by atoms with Crippen molar-refractivity contribution in [2.45, 2.75) is 105 Å². The molecule has 0 radical (unpaired) electrons. The summed E-state index contributed by atoms with van der Waals surface area (Å²) in [6.45, 7) is 16.1. The molecule has 1 aliphatic heterocycles. The third-order valence-electron chi connectivity index (χ3n) is 12.6. The number of ether oxygens (including phenoxy) is 1. The van der Waals surface area contributed by atoms with Gasteiger partial charge in [0.2, 0.25) is 15.9 Å². The number of benzene rings is 3. The molecule has 3 aromatic rings. The van der Waals surface area contributed by atoms with Crippen LogP contribution in [0.4, 0.5) is 0 Å². The molecule has 1 N–H and O–H groups in total. The zero-order valence-electron chi connectivity index (χ0n) is 34.1. The average molecular weight is 768 g/mol. The first-order valence-corrected chi connectivity index (χ1v) is 21.6. The number of hydrogen-bond donors (Lipinski definition) is 1. The lowest BCUT2D eigenvalue weighted by atomic mass is 9.45. The SMILES string of the molecule is C[C@@H]1[C@@H](NC(=O)C2CCS(=O)(=O)N2Cc2cccc(CN(Cc3ccccc3Oc3ccc(C#N)cc3)[C@H](CN(C)C)CC(C)(C)C)c2)C[C@@H]2C[C@H]1C2(C)C. The van der Waals surface area contributed by atoms with E-state index in [0.29, 0.717) is 54.0 Å². The van der Waals surface area contributed by atoms with Gasteiger partial charge in [-0.25, -0.2) is 8.42 Å². The van der Waals surface area contributed by atoms with Crippen LogP contribution in [0.5, 0.6) is 11.5 Å². The second kappa shape index (κ2) is 16.4. The molecule has 1 saturated heterocycles. The molecule has 1 unspecified atom stereocenters. The van der Waals surface area contributed by atoms with Crippen molar-refractivity contribution >= 4 is 15.9 Å². The van der Waals surface area contributed by atoms with E-state index >= 15 is 0 Å². The maximum atomic E-state index is 13.8. The Hall–Kier alpha value is -3.75. The lowest BCUT2D eigenvalue weighted by molar-refractivity contribution is -0.136. The van der Waals surface area contributed by atoms with Crippen molar-refractivity contribution in [3.05, 3.63) is 95.1 Å². The van der Waals surface area contributed by atoms with Crippen LogP contribution in [0.15, 0.2) is 72.8 Å². The van der Waals surface area contributed by atoms with Crippen LogP contribution < -0.4 is 10.1 Å². The van der Waals surface area contributed by atoms with Crippen molar-refractivity contribution < 1.29 is 17.9 Å². The summed E-state index contributed by atoms with van der Waals surface area (Å²) in [5.41, 5.74) is 3.97. The van der Waals surface area contributed by atoms with Crippen molar-refractivity contribution in [1.82, 2.24) is 19.4 Å². The van der Waals surface area contributed by atoms with Gasteiger partial charge in [-0.05, 0) is 110 Å². The Morgan fingerprint density at radius 1 is 1.02 bits per heavy atom. The molecule has 3 aromatic carbocycles. The molecule has 9 nitrogen and oxygen atoms in total. The van der Waals surface area contributed by atoms with Gasteiger partial charge in [-0.15, -0.1) is 0 Å². The van der Waals surface area contributed by atoms with Crippen molar-refractivity contribution in [2.75, 3.05) is 26.4 Å². The van der Waals surface area contributed by atoms with Gasteiger partial charge in [-0.3, -0.25) is 9.69 Å². The zero-order chi connectivity index (χ0) is 39.7. The summed E-state index contributed by atoms with van der Waals surface area (Å²) in [5.74, 6) is 2.83. The van der Waals surface area contributed by atoms with Gasteiger partial charge in [0.05, 0.1) is 17.4 Å². The molecule has 1 amide bonds. The number of nitriles is 1. The van der Waals surface area contributed by atoms with Gasteiger partial charge in [0, 0.05) is 43.8 Å². The molecular formula is C45H61N5O4S. The highest BCUT2D eigenvalue weighted by molar-refractivity contribution is 7.89. The molecule has 4 aliphatic rings. The molecule has 3 saturated carbocycles. The van der Waals surface area contributed by atoms with E-state index in [0.717, 1.165) is 41.8 Å². The molecule has 4 fully saturated rings. The predicted molar refractivity (Wildman–Crippen MR) is 219 cm³/mol. The molecule has 55 heavy (non-hydrogen) atoms. The van der Waals surface area contributed by atoms with E-state index in [1.54, 1.807) is 12.1 Å². The van der Waals surface area contributed by atoms with E-state index in [-0.39, 0.29) is 35.7 Å². The standard InChI is InChI=1S/C45H61N5O4S/c1-31-39-23-36(45(39,5)6)24-40(31)47-43(51)41-20-21-55(52,53)50(41)28-34-13-11-12-33(22-34)27-49(37(30-48(7)8)25-44(2,3)4)29-35-14-9-10-15-42(35)54-38-18-16-32(26-46)17-19-38/h9-19,22,31,36-37,39-41H,20-21,23-25,27-30H2,1-8H3,(H,47,51)/t31-,36-,37-,39+,40-,41?/m0/s1. The fourth-order valence-electron chi connectivity index (χ4n) is 9.48. The van der Waals surface area contributed by atoms with Crippen LogP contribution in [0, 0.1) is 39.9 Å². The summed E-state index contributed by atoms with van der Waals surface area (Å²) in [7, 11) is 0.632. The largest absolute Gasteiger partial charge is 0.457 e. The van der Waals surface area contributed by atoms with Crippen molar-refractivity contribution in [1.29, 1.82) is 5.26 Å². The van der Waals surface area contributed by atoms with E-state index in [4.69, 9.17) is 4.74 Å². The first kappa shape index (κ1) is 40.9. The van der Waals surface area contributed by atoms with Gasteiger partial charge < -0.3 is 15.0 Å². The van der Waals surface area contributed by atoms with Crippen LogP contribution in [-0.4, -0.2) is 72.9 Å². The highest BCUT2D eigenvalue weighted by atomic mass is 32.2. The van der Waals surface area contributed by atoms with E-state index < -0.39 is 16.1 Å². The Balaban J connectivity index is 1.22. The minimum absolute atomic E-state index is 0.0139. The van der Waals surface area contributed by atoms with E-state index in [9.17, 15) is 18.5 Å². The quantitative estimate of drug-likeness (QED) is 0.179. The van der Waals surface area contributed by atoms with Crippen LogP contribution in [0.3, 0.4) is 0 Å². The molecule has 2 bridgehead atoms. The Morgan fingerprint density at radius 2 is 1.73 bits per heavy atom. The number of rotatable bonds is 14. The number of para-hydroxylation sites is 1. The number of amides is 1. The van der Waals surface area contributed by atoms with Crippen LogP contribution in [-0.2, 0) is 34.5 Å². The highest BCUT2D eigenvalue weighted by Crippen LogP contribution is 2.61. The number of sulfonamides is 1. The van der Waals surface area contributed by atoms with Crippen LogP contribution >= 0.6 is 0 Å². The number of carbonyl (C=O) groups is 1. The number of nitrogens with one attached hydrogen (secondary N) is 1. The molecule has 0 spiro atoms. The average Bonchev–Trinajstić information content (AvgIpc) is 3.41. The van der Waals surface area contributed by atoms with Gasteiger partial charge >= 0.3 is 0 Å². The van der Waals surface area contributed by atoms with Gasteiger partial charge in [0.15, 0.2) is 0 Å². The van der Waals surface area contributed by atoms with Gasteiger partial charge in [0.1, 0.15) is 17.5 Å². The second-order valence-electron chi connectivity index (χ2n) is 18.5. The molecular weight excluding hydrogens is 707 g/mol. The monoisotopic (exact) mass is 767 g/mol. The highest BCUT2D eigenvalue weighted by Gasteiger charge is 2.56. The third kappa shape index (κ3) is 9.62. The van der Waals surface area contributed by atoms with Crippen LogP contribution in [0.2, 0.25) is 0 Å². The summed E-state index contributed by atoms with van der Waals surface area (Å²) in [4.78, 5) is 18.6. The zero-order valence-corrected chi connectivity index (χ0v) is 34.9. The van der Waals surface area contributed by atoms with Crippen molar-refractivity contribution in [3.8, 4) is 17.6 Å². The molecule has 6 atom stereocenters. The van der Waals surface area contributed by atoms with Crippen LogP contribution in [0.25, 0.3) is 0 Å². The molecule has 7 rings (SSSR count). The fraction of sp³-hybridized carbons (Fsp3) is 0.556. The maximum absolute atomic E-state index is 13.8. The summed E-state index contributed by atoms with van der Waals surface area (Å²) >= 11 is 0. The molecule has 0 aromatic heterocycles. The van der Waals surface area contributed by atoms with E-state index in [2.05, 4.69) is 95.0 Å². The van der Waals surface area contributed by atoms with Crippen LogP contribution in [0.1, 0.15) is 89.5 Å². The molecule has 1 heterocycles. The normalized spacial score (nSPS) is 24.9. The minimum atomic E-state index is -3.59. The lowest BCUT2D eigenvalue weighted by Gasteiger charge is -2.62. The number of likely N-dealkylation sites (N-methyl/N-ethyl adjacent to an activating group) is 1. The predicted octanol–water partition coefficient (Wildman–Crippen LogP) is 7.81. The van der Waals surface area contributed by atoms with Gasteiger partial charge in [-0.1, -0.05) is 84.0 Å². The number of nitrogens with zero attached hydrogens (tertiary/aromatic N) is 4. The Kier molecular flexibility index (Phi) is 12.2. The first-order chi connectivity index (χ1) is 25.9. The first-order valence-electron chi connectivity index (χ1n) is 20.0. The number of hydrogen-bond acceptors (Lipinski definition) is 7.